The van der Waals surface area contributed by atoms with Gasteiger partial charge in [0, 0.05) is 30.9 Å². The van der Waals surface area contributed by atoms with Gasteiger partial charge >= 0.3 is 0 Å². The van der Waals surface area contributed by atoms with Crippen molar-refractivity contribution in [3.63, 3.8) is 0 Å². The summed E-state index contributed by atoms with van der Waals surface area (Å²) in [6, 6.07) is 7.61. The van der Waals surface area contributed by atoms with Crippen LogP contribution in [0, 0.1) is 10.1 Å². The third-order valence-corrected chi connectivity index (χ3v) is 4.56. The molecule has 0 saturated heterocycles. The maximum atomic E-state index is 12.7. The molecule has 2 aromatic carbocycles. The van der Waals surface area contributed by atoms with Crippen LogP contribution in [-0.4, -0.2) is 37.5 Å². The lowest BCUT2D eigenvalue weighted by atomic mass is 10.1. The molecular weight excluding hydrogens is 366 g/mol. The largest absolute Gasteiger partial charge is 0.493 e. The lowest BCUT2D eigenvalue weighted by Gasteiger charge is -2.15. The molecule has 2 amide bonds. The number of ether oxygens (including phenoxy) is 2. The first-order valence-corrected chi connectivity index (χ1v) is 8.48. The van der Waals surface area contributed by atoms with Crippen molar-refractivity contribution in [3.8, 4) is 11.5 Å². The molecule has 0 aromatic heterocycles. The van der Waals surface area contributed by atoms with Gasteiger partial charge in [0.15, 0.2) is 11.5 Å². The molecule has 0 bridgehead atoms. The summed E-state index contributed by atoms with van der Waals surface area (Å²) < 4.78 is 10.2. The van der Waals surface area contributed by atoms with Gasteiger partial charge in [0.05, 0.1) is 25.2 Å². The van der Waals surface area contributed by atoms with Gasteiger partial charge in [-0.3, -0.25) is 19.7 Å². The number of nitro groups is 1. The van der Waals surface area contributed by atoms with Crippen molar-refractivity contribution in [2.24, 2.45) is 0 Å². The Hall–Kier alpha value is -3.62. The normalized spacial score (nSPS) is 12.3. The quantitative estimate of drug-likeness (QED) is 0.626. The summed E-state index contributed by atoms with van der Waals surface area (Å²) in [7, 11) is 2.74. The fourth-order valence-electron chi connectivity index (χ4n) is 3.21. The lowest BCUT2D eigenvalue weighted by Crippen LogP contribution is -2.25. The summed E-state index contributed by atoms with van der Waals surface area (Å²) in [4.78, 5) is 36.8. The van der Waals surface area contributed by atoms with Gasteiger partial charge in [0.2, 0.25) is 5.91 Å². The predicted octanol–water partition coefficient (Wildman–Crippen LogP) is 2.77. The van der Waals surface area contributed by atoms with E-state index in [4.69, 9.17) is 9.47 Å². The summed E-state index contributed by atoms with van der Waals surface area (Å²) in [5.41, 5.74) is 1.68. The van der Waals surface area contributed by atoms with Gasteiger partial charge in [-0.25, -0.2) is 0 Å². The Kier molecular flexibility index (Phi) is 5.16. The summed E-state index contributed by atoms with van der Waals surface area (Å²) >= 11 is 0. The molecule has 0 fully saturated rings. The minimum absolute atomic E-state index is 0.0449. The number of anilines is 2. The summed E-state index contributed by atoms with van der Waals surface area (Å²) in [6.45, 7) is 2.09. The molecule has 0 spiro atoms. The average Bonchev–Trinajstić information content (AvgIpc) is 3.10. The number of carbonyl (C=O) groups is 2. The monoisotopic (exact) mass is 385 g/mol. The third kappa shape index (κ3) is 3.46. The van der Waals surface area contributed by atoms with E-state index in [1.807, 2.05) is 0 Å². The maximum Gasteiger partial charge on any atom is 0.286 e. The topological polar surface area (TPSA) is 111 Å². The van der Waals surface area contributed by atoms with E-state index in [0.29, 0.717) is 18.7 Å². The Bertz CT molecular complexity index is 972. The zero-order valence-electron chi connectivity index (χ0n) is 15.6. The zero-order valence-corrected chi connectivity index (χ0v) is 15.6. The number of nitro benzene ring substituents is 1. The Morgan fingerprint density at radius 2 is 1.82 bits per heavy atom. The van der Waals surface area contributed by atoms with Crippen LogP contribution in [0.4, 0.5) is 17.1 Å². The fourth-order valence-corrected chi connectivity index (χ4v) is 3.21. The van der Waals surface area contributed by atoms with Gasteiger partial charge in [-0.05, 0) is 30.2 Å². The standard InChI is InChI=1S/C19H19N3O6/c1-11(23)21-7-6-12-8-13(4-5-15(12)21)20-19(24)14-9-17(27-2)18(28-3)10-16(14)22(25)26/h4-5,8-10H,6-7H2,1-3H3,(H,20,24). The molecule has 0 unspecified atom stereocenters. The van der Waals surface area contributed by atoms with Gasteiger partial charge in [-0.2, -0.15) is 0 Å². The van der Waals surface area contributed by atoms with E-state index in [2.05, 4.69) is 5.32 Å². The minimum atomic E-state index is -0.649. The number of hydrogen-bond acceptors (Lipinski definition) is 6. The second-order valence-corrected chi connectivity index (χ2v) is 6.20. The number of fused-ring (bicyclic) bond motifs is 1. The van der Waals surface area contributed by atoms with Crippen LogP contribution in [-0.2, 0) is 11.2 Å². The number of nitrogens with one attached hydrogen (secondary N) is 1. The summed E-state index contributed by atoms with van der Waals surface area (Å²) in [5, 5.41) is 14.1. The Balaban J connectivity index is 1.91. The molecule has 0 aliphatic carbocycles. The molecular formula is C19H19N3O6. The number of methoxy groups -OCH3 is 2. The minimum Gasteiger partial charge on any atom is -0.493 e. The van der Waals surface area contributed by atoms with E-state index in [1.54, 1.807) is 23.1 Å². The highest BCUT2D eigenvalue weighted by Crippen LogP contribution is 2.35. The van der Waals surface area contributed by atoms with Crippen molar-refractivity contribution in [1.82, 2.24) is 0 Å². The number of nitrogens with zero attached hydrogens (tertiary/aromatic N) is 2. The van der Waals surface area contributed by atoms with Crippen LogP contribution in [0.1, 0.15) is 22.8 Å². The predicted molar refractivity (Wildman–Crippen MR) is 102 cm³/mol. The Morgan fingerprint density at radius 3 is 2.43 bits per heavy atom. The number of hydrogen-bond donors (Lipinski definition) is 1. The van der Waals surface area contributed by atoms with Crippen molar-refractivity contribution >= 4 is 28.9 Å². The van der Waals surface area contributed by atoms with E-state index in [0.717, 1.165) is 17.3 Å². The van der Waals surface area contributed by atoms with E-state index in [9.17, 15) is 19.7 Å². The van der Waals surface area contributed by atoms with Gasteiger partial charge < -0.3 is 19.7 Å². The van der Waals surface area contributed by atoms with Crippen molar-refractivity contribution in [3.05, 3.63) is 51.6 Å². The van der Waals surface area contributed by atoms with Crippen molar-refractivity contribution < 1.29 is 24.0 Å². The van der Waals surface area contributed by atoms with Crippen LogP contribution < -0.4 is 19.7 Å². The van der Waals surface area contributed by atoms with E-state index >= 15 is 0 Å². The Labute approximate surface area is 161 Å². The second kappa shape index (κ2) is 7.55. The molecule has 1 aliphatic rings. The molecule has 1 N–H and O–H groups in total. The molecule has 9 heteroatoms. The van der Waals surface area contributed by atoms with Gasteiger partial charge in [0.1, 0.15) is 5.56 Å². The number of benzene rings is 2. The highest BCUT2D eigenvalue weighted by atomic mass is 16.6. The summed E-state index contributed by atoms with van der Waals surface area (Å²) in [5.74, 6) is -0.317. The van der Waals surface area contributed by atoms with Crippen LogP contribution in [0.3, 0.4) is 0 Å². The third-order valence-electron chi connectivity index (χ3n) is 4.56. The number of carbonyl (C=O) groups excluding carboxylic acids is 2. The highest BCUT2D eigenvalue weighted by molar-refractivity contribution is 6.08. The maximum absolute atomic E-state index is 12.7. The first-order valence-electron chi connectivity index (χ1n) is 8.48. The number of amides is 2. The molecule has 0 radical (unpaired) electrons. The molecule has 0 saturated carbocycles. The molecule has 9 nitrogen and oxygen atoms in total. The van der Waals surface area contributed by atoms with Crippen molar-refractivity contribution in [2.45, 2.75) is 13.3 Å². The van der Waals surface area contributed by atoms with Crippen LogP contribution in [0.25, 0.3) is 0 Å². The van der Waals surface area contributed by atoms with Gasteiger partial charge in [0.25, 0.3) is 11.6 Å². The first-order chi connectivity index (χ1) is 13.3. The Morgan fingerprint density at radius 1 is 1.14 bits per heavy atom. The fraction of sp³-hybridized carbons (Fsp3) is 0.263. The SMILES string of the molecule is COc1cc(C(=O)Nc2ccc3c(c2)CCN3C(C)=O)c([N+](=O)[O-])cc1OC. The number of rotatable bonds is 5. The van der Waals surface area contributed by atoms with Crippen molar-refractivity contribution in [1.29, 1.82) is 0 Å². The van der Waals surface area contributed by atoms with Crippen LogP contribution in [0.15, 0.2) is 30.3 Å². The van der Waals surface area contributed by atoms with Crippen LogP contribution >= 0.6 is 0 Å². The molecule has 28 heavy (non-hydrogen) atoms. The van der Waals surface area contributed by atoms with Crippen molar-refractivity contribution in [2.75, 3.05) is 31.0 Å². The average molecular weight is 385 g/mol. The molecule has 1 aliphatic heterocycles. The van der Waals surface area contributed by atoms with E-state index in [-0.39, 0.29) is 28.7 Å². The van der Waals surface area contributed by atoms with Crippen LogP contribution in [0.2, 0.25) is 0 Å². The van der Waals surface area contributed by atoms with Gasteiger partial charge in [-0.1, -0.05) is 0 Å². The highest BCUT2D eigenvalue weighted by Gasteiger charge is 2.26. The molecule has 0 atom stereocenters. The molecule has 3 rings (SSSR count). The summed E-state index contributed by atoms with van der Waals surface area (Å²) in [6.07, 6.45) is 0.676. The van der Waals surface area contributed by atoms with Gasteiger partial charge in [-0.15, -0.1) is 0 Å². The second-order valence-electron chi connectivity index (χ2n) is 6.20. The molecule has 146 valence electrons. The first kappa shape index (κ1) is 19.2. The lowest BCUT2D eigenvalue weighted by molar-refractivity contribution is -0.385. The van der Waals surface area contributed by atoms with E-state index < -0.39 is 10.8 Å². The van der Waals surface area contributed by atoms with E-state index in [1.165, 1.54) is 27.2 Å². The smallest absolute Gasteiger partial charge is 0.286 e. The molecule has 2 aromatic rings. The van der Waals surface area contributed by atoms with Crippen LogP contribution in [0.5, 0.6) is 11.5 Å². The zero-order chi connectivity index (χ0) is 20.4. The molecule has 1 heterocycles.